The summed E-state index contributed by atoms with van der Waals surface area (Å²) in [6, 6.07) is 3.97. The van der Waals surface area contributed by atoms with Crippen molar-refractivity contribution < 1.29 is 14.3 Å². The molecule has 1 aliphatic rings. The van der Waals surface area contributed by atoms with Gasteiger partial charge in [-0.1, -0.05) is 19.9 Å². The van der Waals surface area contributed by atoms with Crippen LogP contribution in [0.3, 0.4) is 0 Å². The highest BCUT2D eigenvalue weighted by molar-refractivity contribution is 5.73. The predicted molar refractivity (Wildman–Crippen MR) is 86.0 cm³/mol. The van der Waals surface area contributed by atoms with Crippen LogP contribution in [0, 0.1) is 0 Å². The van der Waals surface area contributed by atoms with Gasteiger partial charge in [-0.15, -0.1) is 0 Å². The van der Waals surface area contributed by atoms with Crippen LogP contribution in [-0.4, -0.2) is 26.2 Å². The summed E-state index contributed by atoms with van der Waals surface area (Å²) in [6.45, 7) is 6.84. The van der Waals surface area contributed by atoms with Crippen molar-refractivity contribution in [2.75, 3.05) is 20.3 Å². The molecule has 0 aliphatic carbocycles. The molecule has 1 amide bonds. The lowest BCUT2D eigenvalue weighted by Gasteiger charge is -2.30. The Kier molecular flexibility index (Phi) is 5.42. The molecule has 2 unspecified atom stereocenters. The molecule has 0 fully saturated rings. The molecule has 5 heteroatoms. The smallest absolute Gasteiger partial charge is 0.217 e. The van der Waals surface area contributed by atoms with Gasteiger partial charge in [0.05, 0.1) is 25.3 Å². The molecule has 1 aromatic rings. The molecule has 22 heavy (non-hydrogen) atoms. The minimum Gasteiger partial charge on any atom is -0.493 e. The first-order chi connectivity index (χ1) is 10.4. The van der Waals surface area contributed by atoms with E-state index in [9.17, 15) is 4.79 Å². The number of carbonyl (C=O) groups is 1. The summed E-state index contributed by atoms with van der Waals surface area (Å²) in [5.41, 5.74) is 9.43. The van der Waals surface area contributed by atoms with E-state index in [0.29, 0.717) is 19.1 Å². The van der Waals surface area contributed by atoms with Crippen LogP contribution in [0.5, 0.6) is 5.75 Å². The van der Waals surface area contributed by atoms with Crippen LogP contribution in [0.2, 0.25) is 0 Å². The van der Waals surface area contributed by atoms with Crippen LogP contribution in [-0.2, 0) is 9.53 Å². The molecule has 3 N–H and O–H groups in total. The van der Waals surface area contributed by atoms with Crippen LogP contribution in [0.25, 0.3) is 0 Å². The maximum absolute atomic E-state index is 11.5. The van der Waals surface area contributed by atoms with Crippen molar-refractivity contribution in [3.8, 4) is 5.75 Å². The first kappa shape index (κ1) is 16.8. The Morgan fingerprint density at radius 1 is 1.50 bits per heavy atom. The second-order valence-corrected chi connectivity index (χ2v) is 6.14. The third kappa shape index (κ3) is 3.59. The Morgan fingerprint density at radius 2 is 2.23 bits per heavy atom. The van der Waals surface area contributed by atoms with Crippen LogP contribution in [0.15, 0.2) is 12.1 Å². The van der Waals surface area contributed by atoms with Gasteiger partial charge in [0.2, 0.25) is 5.91 Å². The number of hydrogen-bond acceptors (Lipinski definition) is 4. The van der Waals surface area contributed by atoms with Gasteiger partial charge in [-0.05, 0) is 17.5 Å². The van der Waals surface area contributed by atoms with E-state index in [1.807, 2.05) is 0 Å². The highest BCUT2D eigenvalue weighted by Crippen LogP contribution is 2.39. The molecule has 0 saturated carbocycles. The first-order valence-corrected chi connectivity index (χ1v) is 7.76. The van der Waals surface area contributed by atoms with E-state index in [1.165, 1.54) is 5.56 Å². The van der Waals surface area contributed by atoms with Gasteiger partial charge in [0.25, 0.3) is 0 Å². The van der Waals surface area contributed by atoms with Crippen LogP contribution < -0.4 is 15.8 Å². The Balaban J connectivity index is 2.50. The Morgan fingerprint density at radius 3 is 2.82 bits per heavy atom. The van der Waals surface area contributed by atoms with Gasteiger partial charge in [-0.25, -0.2) is 0 Å². The highest BCUT2D eigenvalue weighted by atomic mass is 16.5. The lowest BCUT2D eigenvalue weighted by atomic mass is 9.89. The zero-order chi connectivity index (χ0) is 16.3. The van der Waals surface area contributed by atoms with E-state index in [2.05, 4.69) is 31.3 Å². The van der Waals surface area contributed by atoms with E-state index in [1.54, 1.807) is 14.0 Å². The standard InChI is InChI=1S/C17H26N2O3/c1-10(2)12-7-13(15(18)9-21-4)17-14(8-12)16(5-6-22-17)19-11(3)20/h7-8,10,15-16H,5-6,9,18H2,1-4H3,(H,19,20). The fraction of sp³-hybridized carbons (Fsp3) is 0.588. The summed E-state index contributed by atoms with van der Waals surface area (Å²) < 4.78 is 11.1. The lowest BCUT2D eigenvalue weighted by Crippen LogP contribution is -2.31. The van der Waals surface area contributed by atoms with Gasteiger partial charge in [0.15, 0.2) is 0 Å². The van der Waals surface area contributed by atoms with Gasteiger partial charge in [0.1, 0.15) is 5.75 Å². The van der Waals surface area contributed by atoms with Crippen molar-refractivity contribution in [1.82, 2.24) is 5.32 Å². The van der Waals surface area contributed by atoms with Gasteiger partial charge in [0, 0.05) is 31.6 Å². The zero-order valence-electron chi connectivity index (χ0n) is 13.8. The number of benzene rings is 1. The number of methoxy groups -OCH3 is 1. The summed E-state index contributed by atoms with van der Waals surface area (Å²) in [5.74, 6) is 1.15. The van der Waals surface area contributed by atoms with Crippen LogP contribution >= 0.6 is 0 Å². The molecule has 2 rings (SSSR count). The van der Waals surface area contributed by atoms with E-state index in [4.69, 9.17) is 15.2 Å². The molecule has 0 bridgehead atoms. The number of nitrogens with one attached hydrogen (secondary N) is 1. The zero-order valence-corrected chi connectivity index (χ0v) is 13.8. The highest BCUT2D eigenvalue weighted by Gasteiger charge is 2.27. The minimum atomic E-state index is -0.242. The van der Waals surface area contributed by atoms with Crippen LogP contribution in [0.1, 0.15) is 61.9 Å². The summed E-state index contributed by atoms with van der Waals surface area (Å²) >= 11 is 0. The van der Waals surface area contributed by atoms with E-state index < -0.39 is 0 Å². The number of nitrogens with two attached hydrogens (primary N) is 1. The molecule has 0 radical (unpaired) electrons. The predicted octanol–water partition coefficient (Wildman–Crippen LogP) is 2.42. The van der Waals surface area contributed by atoms with Gasteiger partial charge in [-0.2, -0.15) is 0 Å². The average molecular weight is 306 g/mol. The molecule has 2 atom stereocenters. The Hall–Kier alpha value is -1.59. The minimum absolute atomic E-state index is 0.0200. The molecule has 0 aromatic heterocycles. The fourth-order valence-electron chi connectivity index (χ4n) is 2.83. The maximum atomic E-state index is 11.5. The van der Waals surface area contributed by atoms with Crippen molar-refractivity contribution in [2.45, 2.75) is 45.2 Å². The molecule has 5 nitrogen and oxygen atoms in total. The summed E-state index contributed by atoms with van der Waals surface area (Å²) in [5, 5.41) is 3.01. The largest absolute Gasteiger partial charge is 0.493 e. The second kappa shape index (κ2) is 7.11. The SMILES string of the molecule is COCC(N)c1cc(C(C)C)cc2c1OCCC2NC(C)=O. The van der Waals surface area contributed by atoms with Gasteiger partial charge < -0.3 is 20.5 Å². The molecular weight excluding hydrogens is 280 g/mol. The third-order valence-electron chi connectivity index (χ3n) is 3.99. The summed E-state index contributed by atoms with van der Waals surface area (Å²) in [4.78, 5) is 11.5. The lowest BCUT2D eigenvalue weighted by molar-refractivity contribution is -0.119. The maximum Gasteiger partial charge on any atom is 0.217 e. The Bertz CT molecular complexity index is 543. The number of rotatable bonds is 5. The van der Waals surface area contributed by atoms with Crippen molar-refractivity contribution in [3.63, 3.8) is 0 Å². The Labute approximate surface area is 132 Å². The fourth-order valence-corrected chi connectivity index (χ4v) is 2.83. The van der Waals surface area contributed by atoms with Gasteiger partial charge in [-0.3, -0.25) is 4.79 Å². The first-order valence-electron chi connectivity index (χ1n) is 7.76. The topological polar surface area (TPSA) is 73.6 Å². The molecule has 1 aromatic carbocycles. The second-order valence-electron chi connectivity index (χ2n) is 6.14. The van der Waals surface area contributed by atoms with Crippen molar-refractivity contribution in [1.29, 1.82) is 0 Å². The summed E-state index contributed by atoms with van der Waals surface area (Å²) in [6.07, 6.45) is 0.771. The normalized spacial score (nSPS) is 18.5. The van der Waals surface area contributed by atoms with E-state index >= 15 is 0 Å². The van der Waals surface area contributed by atoms with Crippen molar-refractivity contribution >= 4 is 5.91 Å². The number of hydrogen-bond donors (Lipinski definition) is 2. The number of amides is 1. The average Bonchev–Trinajstić information content (AvgIpc) is 2.46. The van der Waals surface area contributed by atoms with E-state index in [0.717, 1.165) is 23.3 Å². The number of carbonyl (C=O) groups excluding carboxylic acids is 1. The number of ether oxygens (including phenoxy) is 2. The molecule has 0 spiro atoms. The summed E-state index contributed by atoms with van der Waals surface area (Å²) in [7, 11) is 1.64. The monoisotopic (exact) mass is 306 g/mol. The molecule has 0 saturated heterocycles. The van der Waals surface area contributed by atoms with Crippen molar-refractivity contribution in [3.05, 3.63) is 28.8 Å². The molecule has 122 valence electrons. The number of fused-ring (bicyclic) bond motifs is 1. The van der Waals surface area contributed by atoms with Crippen molar-refractivity contribution in [2.24, 2.45) is 5.73 Å². The molecular formula is C17H26N2O3. The quantitative estimate of drug-likeness (QED) is 0.876. The molecule has 1 aliphatic heterocycles. The molecule has 1 heterocycles. The van der Waals surface area contributed by atoms with E-state index in [-0.39, 0.29) is 18.0 Å². The third-order valence-corrected chi connectivity index (χ3v) is 3.99. The van der Waals surface area contributed by atoms with Crippen LogP contribution in [0.4, 0.5) is 0 Å². The van der Waals surface area contributed by atoms with Gasteiger partial charge >= 0.3 is 0 Å².